The van der Waals surface area contributed by atoms with Crippen molar-refractivity contribution in [3.05, 3.63) is 53.0 Å². The number of aliphatic hydroxyl groups excluding tert-OH is 1. The van der Waals surface area contributed by atoms with Crippen molar-refractivity contribution in [2.45, 2.75) is 11.0 Å². The number of aliphatic hydroxyl groups is 1. The number of halogens is 1. The van der Waals surface area contributed by atoms with Gasteiger partial charge in [0.25, 0.3) is 0 Å². The molecule has 106 valence electrons. The summed E-state index contributed by atoms with van der Waals surface area (Å²) < 4.78 is 6.42. The lowest BCUT2D eigenvalue weighted by molar-refractivity contribution is 0.126. The summed E-state index contributed by atoms with van der Waals surface area (Å²) in [4.78, 5) is 0.921. The topological polar surface area (TPSA) is 49.7 Å². The lowest BCUT2D eigenvalue weighted by Gasteiger charge is -2.13. The summed E-state index contributed by atoms with van der Waals surface area (Å²) >= 11 is 4.87. The highest BCUT2D eigenvalue weighted by atomic mass is 79.9. The standard InChI is InChI=1S/C15H15BrO3S/c16-14-6-1-2-7-15(14)19-9-12(18)10-20-13-5-3-4-11(17)8-13/h1-8,12,17-18H,9-10H2. The first-order chi connectivity index (χ1) is 9.65. The van der Waals surface area contributed by atoms with Crippen LogP contribution in [0.15, 0.2) is 57.9 Å². The van der Waals surface area contributed by atoms with Crippen molar-refractivity contribution in [1.82, 2.24) is 0 Å². The van der Waals surface area contributed by atoms with Crippen molar-refractivity contribution in [2.24, 2.45) is 0 Å². The van der Waals surface area contributed by atoms with Crippen molar-refractivity contribution < 1.29 is 14.9 Å². The van der Waals surface area contributed by atoms with Crippen LogP contribution in [0.3, 0.4) is 0 Å². The molecule has 3 nitrogen and oxygen atoms in total. The first-order valence-corrected chi connectivity index (χ1v) is 7.90. The molecule has 0 heterocycles. The van der Waals surface area contributed by atoms with E-state index in [9.17, 15) is 10.2 Å². The number of para-hydroxylation sites is 1. The van der Waals surface area contributed by atoms with Gasteiger partial charge in [-0.3, -0.25) is 0 Å². The van der Waals surface area contributed by atoms with Crippen molar-refractivity contribution >= 4 is 27.7 Å². The van der Waals surface area contributed by atoms with Crippen LogP contribution in [0.4, 0.5) is 0 Å². The lowest BCUT2D eigenvalue weighted by atomic mass is 10.3. The smallest absolute Gasteiger partial charge is 0.133 e. The Hall–Kier alpha value is -1.17. The summed E-state index contributed by atoms with van der Waals surface area (Å²) in [6, 6.07) is 14.5. The molecular weight excluding hydrogens is 340 g/mol. The molecule has 0 aliphatic rings. The second kappa shape index (κ2) is 7.57. The highest BCUT2D eigenvalue weighted by Crippen LogP contribution is 2.25. The molecule has 0 amide bonds. The van der Waals surface area contributed by atoms with E-state index in [1.807, 2.05) is 30.3 Å². The van der Waals surface area contributed by atoms with E-state index < -0.39 is 6.10 Å². The van der Waals surface area contributed by atoms with Gasteiger partial charge in [0.2, 0.25) is 0 Å². The quantitative estimate of drug-likeness (QED) is 0.776. The molecule has 0 spiro atoms. The van der Waals surface area contributed by atoms with Gasteiger partial charge in [0, 0.05) is 10.6 Å². The summed E-state index contributed by atoms with van der Waals surface area (Å²) in [6.45, 7) is 0.231. The van der Waals surface area contributed by atoms with Crippen LogP contribution >= 0.6 is 27.7 Å². The van der Waals surface area contributed by atoms with Gasteiger partial charge in [-0.15, -0.1) is 11.8 Å². The van der Waals surface area contributed by atoms with Gasteiger partial charge in [-0.2, -0.15) is 0 Å². The van der Waals surface area contributed by atoms with Crippen LogP contribution in [0.2, 0.25) is 0 Å². The zero-order valence-corrected chi connectivity index (χ0v) is 13.1. The summed E-state index contributed by atoms with van der Waals surface area (Å²) in [5, 5.41) is 19.3. The molecule has 0 fully saturated rings. The Labute approximate surface area is 130 Å². The van der Waals surface area contributed by atoms with Crippen molar-refractivity contribution in [3.63, 3.8) is 0 Å². The molecule has 20 heavy (non-hydrogen) atoms. The molecule has 0 radical (unpaired) electrons. The lowest BCUT2D eigenvalue weighted by Crippen LogP contribution is -2.20. The number of aromatic hydroxyl groups is 1. The second-order valence-electron chi connectivity index (χ2n) is 4.20. The van der Waals surface area contributed by atoms with Gasteiger partial charge in [0.05, 0.1) is 10.6 Å². The maximum absolute atomic E-state index is 9.91. The van der Waals surface area contributed by atoms with Crippen molar-refractivity contribution in [1.29, 1.82) is 0 Å². The minimum Gasteiger partial charge on any atom is -0.508 e. The van der Waals surface area contributed by atoms with E-state index in [0.717, 1.165) is 9.37 Å². The molecule has 2 aromatic carbocycles. The molecule has 1 unspecified atom stereocenters. The minimum absolute atomic E-state index is 0.231. The second-order valence-corrected chi connectivity index (χ2v) is 6.15. The van der Waals surface area contributed by atoms with Gasteiger partial charge in [-0.25, -0.2) is 0 Å². The Kier molecular flexibility index (Phi) is 5.76. The van der Waals surface area contributed by atoms with Crippen LogP contribution in [0.25, 0.3) is 0 Å². The SMILES string of the molecule is Oc1cccc(SCC(O)COc2ccccc2Br)c1. The Morgan fingerprint density at radius 1 is 1.15 bits per heavy atom. The van der Waals surface area contributed by atoms with E-state index >= 15 is 0 Å². The van der Waals surface area contributed by atoms with Gasteiger partial charge in [0.1, 0.15) is 18.1 Å². The number of hydrogen-bond acceptors (Lipinski definition) is 4. The van der Waals surface area contributed by atoms with E-state index in [1.165, 1.54) is 11.8 Å². The monoisotopic (exact) mass is 354 g/mol. The van der Waals surface area contributed by atoms with Crippen LogP contribution in [0, 0.1) is 0 Å². The Balaban J connectivity index is 1.78. The number of rotatable bonds is 6. The molecular formula is C15H15BrO3S. The number of benzene rings is 2. The maximum atomic E-state index is 9.91. The number of thioether (sulfide) groups is 1. The highest BCUT2D eigenvalue weighted by Gasteiger charge is 2.08. The fourth-order valence-electron chi connectivity index (χ4n) is 1.56. The molecule has 5 heteroatoms. The van der Waals surface area contributed by atoms with Crippen LogP contribution < -0.4 is 4.74 Å². The number of phenolic OH excluding ortho intramolecular Hbond substituents is 1. The number of ether oxygens (including phenoxy) is 1. The predicted molar refractivity (Wildman–Crippen MR) is 84.5 cm³/mol. The van der Waals surface area contributed by atoms with E-state index in [2.05, 4.69) is 15.9 Å². The molecule has 2 rings (SSSR count). The number of hydrogen-bond donors (Lipinski definition) is 2. The molecule has 0 aliphatic carbocycles. The third kappa shape index (κ3) is 4.74. The summed E-state index contributed by atoms with van der Waals surface area (Å²) in [7, 11) is 0. The van der Waals surface area contributed by atoms with Gasteiger partial charge < -0.3 is 14.9 Å². The maximum Gasteiger partial charge on any atom is 0.133 e. The Morgan fingerprint density at radius 3 is 2.70 bits per heavy atom. The average molecular weight is 355 g/mol. The molecule has 0 aromatic heterocycles. The first kappa shape index (κ1) is 15.2. The normalized spacial score (nSPS) is 12.1. The fourth-order valence-corrected chi connectivity index (χ4v) is 2.82. The summed E-state index contributed by atoms with van der Waals surface area (Å²) in [5.74, 6) is 1.45. The van der Waals surface area contributed by atoms with E-state index in [-0.39, 0.29) is 12.4 Å². The first-order valence-electron chi connectivity index (χ1n) is 6.12. The van der Waals surface area contributed by atoms with Gasteiger partial charge in [-0.1, -0.05) is 18.2 Å². The van der Waals surface area contributed by atoms with Crippen LogP contribution in [0.1, 0.15) is 0 Å². The van der Waals surface area contributed by atoms with Gasteiger partial charge >= 0.3 is 0 Å². The molecule has 2 aromatic rings. The molecule has 1 atom stereocenters. The summed E-state index contributed by atoms with van der Waals surface area (Å²) in [6.07, 6.45) is -0.575. The van der Waals surface area contributed by atoms with E-state index in [4.69, 9.17) is 4.74 Å². The molecule has 0 saturated carbocycles. The third-order valence-electron chi connectivity index (χ3n) is 2.53. The fraction of sp³-hybridized carbons (Fsp3) is 0.200. The minimum atomic E-state index is -0.575. The third-order valence-corrected chi connectivity index (χ3v) is 4.32. The molecule has 0 saturated heterocycles. The predicted octanol–water partition coefficient (Wildman–Crippen LogP) is 3.69. The van der Waals surface area contributed by atoms with E-state index in [0.29, 0.717) is 11.5 Å². The van der Waals surface area contributed by atoms with Gasteiger partial charge in [-0.05, 0) is 46.3 Å². The zero-order chi connectivity index (χ0) is 14.4. The van der Waals surface area contributed by atoms with Crippen LogP contribution in [0.5, 0.6) is 11.5 Å². The highest BCUT2D eigenvalue weighted by molar-refractivity contribution is 9.10. The molecule has 2 N–H and O–H groups in total. The Bertz CT molecular complexity index is 562. The molecule has 0 aliphatic heterocycles. The van der Waals surface area contributed by atoms with Gasteiger partial charge in [0.15, 0.2) is 0 Å². The van der Waals surface area contributed by atoms with Crippen LogP contribution in [-0.2, 0) is 0 Å². The summed E-state index contributed by atoms with van der Waals surface area (Å²) in [5.41, 5.74) is 0. The average Bonchev–Trinajstić information content (AvgIpc) is 2.44. The zero-order valence-electron chi connectivity index (χ0n) is 10.7. The number of phenols is 1. The molecule has 0 bridgehead atoms. The van der Waals surface area contributed by atoms with Crippen molar-refractivity contribution in [2.75, 3.05) is 12.4 Å². The Morgan fingerprint density at radius 2 is 1.95 bits per heavy atom. The van der Waals surface area contributed by atoms with Crippen molar-refractivity contribution in [3.8, 4) is 11.5 Å². The van der Waals surface area contributed by atoms with Crippen LogP contribution in [-0.4, -0.2) is 28.7 Å². The van der Waals surface area contributed by atoms with E-state index in [1.54, 1.807) is 18.2 Å². The largest absolute Gasteiger partial charge is 0.508 e.